The van der Waals surface area contributed by atoms with Crippen molar-refractivity contribution in [1.82, 2.24) is 9.80 Å². The van der Waals surface area contributed by atoms with Gasteiger partial charge in [0.05, 0.1) is 12.8 Å². The molecule has 1 aromatic heterocycles. The molecule has 1 saturated heterocycles. The minimum Gasteiger partial charge on any atom is -0.468 e. The highest BCUT2D eigenvalue weighted by molar-refractivity contribution is 9.10. The molecule has 6 heteroatoms. The Hall–Kier alpha value is -1.79. The molecule has 5 nitrogen and oxygen atoms in total. The normalized spacial score (nSPS) is 15.7. The summed E-state index contributed by atoms with van der Waals surface area (Å²) in [4.78, 5) is 16.5. The van der Waals surface area contributed by atoms with Gasteiger partial charge in [0.2, 0.25) is 0 Å². The topological polar surface area (TPSA) is 48.7 Å². The highest BCUT2D eigenvalue weighted by Crippen LogP contribution is 2.21. The molecule has 0 aliphatic carbocycles. The number of carbonyl (C=O) groups is 1. The molecular formula is C17H20BrN3O2. The number of hydrogen-bond acceptors (Lipinski definition) is 3. The van der Waals surface area contributed by atoms with Crippen LogP contribution in [0.1, 0.15) is 11.3 Å². The molecule has 0 atom stereocenters. The Kier molecular flexibility index (Phi) is 5.03. The van der Waals surface area contributed by atoms with Crippen molar-refractivity contribution in [2.75, 3.05) is 31.5 Å². The summed E-state index contributed by atoms with van der Waals surface area (Å²) in [5.41, 5.74) is 1.96. The van der Waals surface area contributed by atoms with Crippen molar-refractivity contribution in [3.63, 3.8) is 0 Å². The molecule has 2 aromatic rings. The van der Waals surface area contributed by atoms with Crippen LogP contribution in [0.3, 0.4) is 0 Å². The van der Waals surface area contributed by atoms with Crippen LogP contribution < -0.4 is 5.32 Å². The lowest BCUT2D eigenvalue weighted by molar-refractivity contribution is 0.137. The lowest BCUT2D eigenvalue weighted by Crippen LogP contribution is -2.49. The van der Waals surface area contributed by atoms with E-state index < -0.39 is 0 Å². The maximum absolute atomic E-state index is 12.3. The van der Waals surface area contributed by atoms with E-state index in [0.29, 0.717) is 0 Å². The number of hydrogen-bond donors (Lipinski definition) is 1. The first-order valence-corrected chi connectivity index (χ1v) is 8.48. The first kappa shape index (κ1) is 16.1. The van der Waals surface area contributed by atoms with E-state index in [1.807, 2.05) is 42.2 Å². The number of amides is 2. The monoisotopic (exact) mass is 377 g/mol. The van der Waals surface area contributed by atoms with Gasteiger partial charge < -0.3 is 14.6 Å². The summed E-state index contributed by atoms with van der Waals surface area (Å²) in [5, 5.41) is 2.96. The van der Waals surface area contributed by atoms with Gasteiger partial charge in [0, 0.05) is 36.3 Å². The number of urea groups is 1. The molecule has 1 aromatic carbocycles. The van der Waals surface area contributed by atoms with Crippen LogP contribution in [0.25, 0.3) is 0 Å². The standard InChI is InChI=1S/C17H20BrN3O2/c1-13-4-5-14(11-16(13)18)19-17(22)21-8-6-20(7-9-21)12-15-3-2-10-23-15/h2-5,10-11H,6-9,12H2,1H3,(H,19,22). The number of piperazine rings is 1. The van der Waals surface area contributed by atoms with Crippen LogP contribution in [0, 0.1) is 6.92 Å². The molecule has 0 bridgehead atoms. The predicted octanol–water partition coefficient (Wildman–Crippen LogP) is 3.70. The van der Waals surface area contributed by atoms with E-state index in [1.54, 1.807) is 6.26 Å². The van der Waals surface area contributed by atoms with Crippen molar-refractivity contribution in [3.8, 4) is 0 Å². The maximum atomic E-state index is 12.3. The Morgan fingerprint density at radius 3 is 2.70 bits per heavy atom. The van der Waals surface area contributed by atoms with E-state index >= 15 is 0 Å². The zero-order chi connectivity index (χ0) is 16.2. The Balaban J connectivity index is 1.50. The van der Waals surface area contributed by atoms with E-state index in [9.17, 15) is 4.79 Å². The molecule has 2 heterocycles. The van der Waals surface area contributed by atoms with Gasteiger partial charge in [-0.25, -0.2) is 4.79 Å². The van der Waals surface area contributed by atoms with Crippen molar-refractivity contribution >= 4 is 27.6 Å². The predicted molar refractivity (Wildman–Crippen MR) is 93.5 cm³/mol. The highest BCUT2D eigenvalue weighted by atomic mass is 79.9. The van der Waals surface area contributed by atoms with Crippen LogP contribution in [0.2, 0.25) is 0 Å². The van der Waals surface area contributed by atoms with Crippen molar-refractivity contribution in [1.29, 1.82) is 0 Å². The molecule has 122 valence electrons. The minimum absolute atomic E-state index is 0.0431. The van der Waals surface area contributed by atoms with Gasteiger partial charge >= 0.3 is 6.03 Å². The fraction of sp³-hybridized carbons (Fsp3) is 0.353. The number of carbonyl (C=O) groups excluding carboxylic acids is 1. The number of rotatable bonds is 3. The molecule has 0 radical (unpaired) electrons. The first-order chi connectivity index (χ1) is 11.1. The fourth-order valence-electron chi connectivity index (χ4n) is 2.61. The highest BCUT2D eigenvalue weighted by Gasteiger charge is 2.21. The van der Waals surface area contributed by atoms with E-state index in [-0.39, 0.29) is 6.03 Å². The van der Waals surface area contributed by atoms with Crippen molar-refractivity contribution < 1.29 is 9.21 Å². The summed E-state index contributed by atoms with van der Waals surface area (Å²) in [5.74, 6) is 0.965. The quantitative estimate of drug-likeness (QED) is 0.886. The average Bonchev–Trinajstić information content (AvgIpc) is 3.04. The van der Waals surface area contributed by atoms with E-state index in [0.717, 1.165) is 54.2 Å². The zero-order valence-corrected chi connectivity index (χ0v) is 14.7. The summed E-state index contributed by atoms with van der Waals surface area (Å²) in [6.07, 6.45) is 1.69. The summed E-state index contributed by atoms with van der Waals surface area (Å²) >= 11 is 3.49. The Bertz CT molecular complexity index is 664. The third-order valence-electron chi connectivity index (χ3n) is 4.04. The molecule has 1 aliphatic rings. The zero-order valence-electron chi connectivity index (χ0n) is 13.1. The van der Waals surface area contributed by atoms with Gasteiger partial charge in [-0.2, -0.15) is 0 Å². The molecule has 1 aliphatic heterocycles. The second-order valence-electron chi connectivity index (χ2n) is 5.74. The third-order valence-corrected chi connectivity index (χ3v) is 4.90. The van der Waals surface area contributed by atoms with Crippen LogP contribution in [0.15, 0.2) is 45.5 Å². The molecule has 23 heavy (non-hydrogen) atoms. The van der Waals surface area contributed by atoms with E-state index in [1.165, 1.54) is 0 Å². The van der Waals surface area contributed by atoms with Crippen molar-refractivity contribution in [2.24, 2.45) is 0 Å². The fourth-order valence-corrected chi connectivity index (χ4v) is 2.98. The largest absolute Gasteiger partial charge is 0.468 e. The molecule has 2 amide bonds. The van der Waals surface area contributed by atoms with Gasteiger partial charge in [0.1, 0.15) is 5.76 Å². The van der Waals surface area contributed by atoms with Gasteiger partial charge in [-0.15, -0.1) is 0 Å². The van der Waals surface area contributed by atoms with Crippen LogP contribution in [-0.2, 0) is 6.54 Å². The molecule has 0 saturated carbocycles. The molecule has 0 spiro atoms. The first-order valence-electron chi connectivity index (χ1n) is 7.68. The number of nitrogens with zero attached hydrogens (tertiary/aromatic N) is 2. The van der Waals surface area contributed by atoms with Crippen LogP contribution in [0.4, 0.5) is 10.5 Å². The summed E-state index contributed by atoms with van der Waals surface area (Å²) < 4.78 is 6.37. The van der Waals surface area contributed by atoms with E-state index in [2.05, 4.69) is 26.1 Å². The lowest BCUT2D eigenvalue weighted by atomic mass is 10.2. The molecule has 1 fully saturated rings. The Morgan fingerprint density at radius 1 is 1.26 bits per heavy atom. The van der Waals surface area contributed by atoms with Gasteiger partial charge in [-0.05, 0) is 36.8 Å². The number of anilines is 1. The number of furan rings is 1. The van der Waals surface area contributed by atoms with Crippen LogP contribution >= 0.6 is 15.9 Å². The molecule has 3 rings (SSSR count). The summed E-state index contributed by atoms with van der Waals surface area (Å²) in [6.45, 7) is 5.97. The SMILES string of the molecule is Cc1ccc(NC(=O)N2CCN(Cc3ccco3)CC2)cc1Br. The number of benzene rings is 1. The third kappa shape index (κ3) is 4.14. The van der Waals surface area contributed by atoms with Gasteiger partial charge in [0.15, 0.2) is 0 Å². The Morgan fingerprint density at radius 2 is 2.04 bits per heavy atom. The van der Waals surface area contributed by atoms with Crippen LogP contribution in [-0.4, -0.2) is 42.0 Å². The average molecular weight is 378 g/mol. The Labute approximate surface area is 144 Å². The minimum atomic E-state index is -0.0431. The van der Waals surface area contributed by atoms with Crippen LogP contribution in [0.5, 0.6) is 0 Å². The molecular weight excluding hydrogens is 358 g/mol. The second-order valence-corrected chi connectivity index (χ2v) is 6.59. The number of aryl methyl sites for hydroxylation is 1. The summed E-state index contributed by atoms with van der Waals surface area (Å²) in [6, 6.07) is 9.68. The smallest absolute Gasteiger partial charge is 0.321 e. The molecule has 0 unspecified atom stereocenters. The van der Waals surface area contributed by atoms with Crippen molar-refractivity contribution in [3.05, 3.63) is 52.4 Å². The van der Waals surface area contributed by atoms with E-state index in [4.69, 9.17) is 4.42 Å². The van der Waals surface area contributed by atoms with Crippen molar-refractivity contribution in [2.45, 2.75) is 13.5 Å². The molecule has 1 N–H and O–H groups in total. The van der Waals surface area contributed by atoms with Gasteiger partial charge in [-0.1, -0.05) is 22.0 Å². The maximum Gasteiger partial charge on any atom is 0.321 e. The number of halogens is 1. The second kappa shape index (κ2) is 7.19. The van der Waals surface area contributed by atoms with Gasteiger partial charge in [-0.3, -0.25) is 4.90 Å². The lowest BCUT2D eigenvalue weighted by Gasteiger charge is -2.34. The number of nitrogens with one attached hydrogen (secondary N) is 1. The van der Waals surface area contributed by atoms with Gasteiger partial charge in [0.25, 0.3) is 0 Å². The summed E-state index contributed by atoms with van der Waals surface area (Å²) in [7, 11) is 0.